The van der Waals surface area contributed by atoms with Gasteiger partial charge in [-0.05, 0) is 38.8 Å². The molecule has 0 radical (unpaired) electrons. The number of rotatable bonds is 4. The number of amides is 1. The average Bonchev–Trinajstić information content (AvgIpc) is 2.54. The first kappa shape index (κ1) is 17.1. The van der Waals surface area contributed by atoms with E-state index in [1.165, 1.54) is 0 Å². The van der Waals surface area contributed by atoms with E-state index < -0.39 is 0 Å². The SMILES string of the molecule is CCOC(=O)N1CCC(NC(N)=NCc2cccc(C)n2)CC1. The molecule has 2 heterocycles. The molecule has 3 N–H and O–H groups in total. The topological polar surface area (TPSA) is 92.8 Å². The summed E-state index contributed by atoms with van der Waals surface area (Å²) in [6.07, 6.45) is 1.42. The Morgan fingerprint density at radius 2 is 2.22 bits per heavy atom. The van der Waals surface area contributed by atoms with E-state index in [9.17, 15) is 4.79 Å². The second kappa shape index (κ2) is 8.36. The molecule has 0 aliphatic carbocycles. The van der Waals surface area contributed by atoms with E-state index in [-0.39, 0.29) is 12.1 Å². The molecule has 7 nitrogen and oxygen atoms in total. The molecule has 0 saturated carbocycles. The lowest BCUT2D eigenvalue weighted by atomic mass is 10.1. The summed E-state index contributed by atoms with van der Waals surface area (Å²) in [6, 6.07) is 6.07. The van der Waals surface area contributed by atoms with Crippen LogP contribution in [0.15, 0.2) is 23.2 Å². The molecule has 1 fully saturated rings. The van der Waals surface area contributed by atoms with Crippen LogP contribution in [0.5, 0.6) is 0 Å². The van der Waals surface area contributed by atoms with Crippen LogP contribution < -0.4 is 11.1 Å². The van der Waals surface area contributed by atoms with E-state index in [2.05, 4.69) is 15.3 Å². The minimum atomic E-state index is -0.238. The number of nitrogens with zero attached hydrogens (tertiary/aromatic N) is 3. The van der Waals surface area contributed by atoms with Gasteiger partial charge in [0.25, 0.3) is 0 Å². The Morgan fingerprint density at radius 1 is 1.48 bits per heavy atom. The summed E-state index contributed by atoms with van der Waals surface area (Å²) < 4.78 is 5.01. The van der Waals surface area contributed by atoms with Gasteiger partial charge < -0.3 is 20.7 Å². The van der Waals surface area contributed by atoms with E-state index in [0.717, 1.165) is 24.2 Å². The third-order valence-corrected chi connectivity index (χ3v) is 3.73. The van der Waals surface area contributed by atoms with Gasteiger partial charge in [0.2, 0.25) is 0 Å². The molecule has 126 valence electrons. The third kappa shape index (κ3) is 5.43. The normalized spacial score (nSPS) is 16.3. The number of pyridine rings is 1. The van der Waals surface area contributed by atoms with Crippen molar-refractivity contribution in [2.24, 2.45) is 10.7 Å². The Kier molecular flexibility index (Phi) is 6.19. The fraction of sp³-hybridized carbons (Fsp3) is 0.562. The van der Waals surface area contributed by atoms with E-state index in [1.807, 2.05) is 32.0 Å². The zero-order valence-electron chi connectivity index (χ0n) is 13.8. The number of nitrogens with two attached hydrogens (primary N) is 1. The maximum absolute atomic E-state index is 11.6. The molecule has 0 aromatic carbocycles. The minimum absolute atomic E-state index is 0.231. The van der Waals surface area contributed by atoms with Crippen LogP contribution in [0.2, 0.25) is 0 Å². The molecule has 1 aliphatic rings. The number of aliphatic imine (C=N–C) groups is 1. The van der Waals surface area contributed by atoms with Crippen LogP contribution in [-0.2, 0) is 11.3 Å². The molecule has 0 atom stereocenters. The molecular weight excluding hydrogens is 294 g/mol. The Hall–Kier alpha value is -2.31. The molecule has 1 aromatic rings. The van der Waals surface area contributed by atoms with Crippen molar-refractivity contribution in [2.75, 3.05) is 19.7 Å². The number of carbonyl (C=O) groups is 1. The van der Waals surface area contributed by atoms with E-state index in [1.54, 1.807) is 4.90 Å². The molecule has 0 unspecified atom stereocenters. The fourth-order valence-corrected chi connectivity index (χ4v) is 2.53. The number of aryl methyl sites for hydroxylation is 1. The van der Waals surface area contributed by atoms with E-state index in [0.29, 0.717) is 32.2 Å². The van der Waals surface area contributed by atoms with E-state index in [4.69, 9.17) is 10.5 Å². The highest BCUT2D eigenvalue weighted by Crippen LogP contribution is 2.11. The van der Waals surface area contributed by atoms with Crippen LogP contribution in [-0.4, -0.2) is 47.7 Å². The van der Waals surface area contributed by atoms with Crippen molar-refractivity contribution in [1.29, 1.82) is 0 Å². The average molecular weight is 319 g/mol. The Morgan fingerprint density at radius 3 is 2.87 bits per heavy atom. The molecule has 1 aromatic heterocycles. The number of ether oxygens (including phenoxy) is 1. The number of piperidine rings is 1. The summed E-state index contributed by atoms with van der Waals surface area (Å²) in [7, 11) is 0. The number of aromatic nitrogens is 1. The van der Waals surface area contributed by atoms with Gasteiger partial charge in [-0.15, -0.1) is 0 Å². The maximum atomic E-state index is 11.6. The first-order chi connectivity index (χ1) is 11.1. The van der Waals surface area contributed by atoms with E-state index >= 15 is 0 Å². The molecule has 1 aliphatic heterocycles. The molecular formula is C16H25N5O2. The van der Waals surface area contributed by atoms with Gasteiger partial charge in [-0.2, -0.15) is 0 Å². The summed E-state index contributed by atoms with van der Waals surface area (Å²) in [5, 5.41) is 3.22. The molecule has 23 heavy (non-hydrogen) atoms. The minimum Gasteiger partial charge on any atom is -0.450 e. The van der Waals surface area contributed by atoms with Crippen molar-refractivity contribution in [3.8, 4) is 0 Å². The van der Waals surface area contributed by atoms with Crippen LogP contribution >= 0.6 is 0 Å². The van der Waals surface area contributed by atoms with Crippen molar-refractivity contribution in [2.45, 2.75) is 39.3 Å². The van der Waals surface area contributed by atoms with Crippen molar-refractivity contribution in [1.82, 2.24) is 15.2 Å². The highest BCUT2D eigenvalue weighted by Gasteiger charge is 2.23. The Bertz CT molecular complexity index is 553. The lowest BCUT2D eigenvalue weighted by Crippen LogP contribution is -2.48. The number of carbonyl (C=O) groups excluding carboxylic acids is 1. The van der Waals surface area contributed by atoms with Crippen molar-refractivity contribution in [3.63, 3.8) is 0 Å². The van der Waals surface area contributed by atoms with Gasteiger partial charge in [-0.25, -0.2) is 9.79 Å². The molecule has 1 saturated heterocycles. The molecule has 0 spiro atoms. The van der Waals surface area contributed by atoms with Gasteiger partial charge in [-0.3, -0.25) is 4.98 Å². The van der Waals surface area contributed by atoms with Crippen LogP contribution in [0.4, 0.5) is 4.79 Å². The molecule has 0 bridgehead atoms. The lowest BCUT2D eigenvalue weighted by molar-refractivity contribution is 0.0963. The van der Waals surface area contributed by atoms with Crippen LogP contribution in [0.3, 0.4) is 0 Å². The van der Waals surface area contributed by atoms with Crippen molar-refractivity contribution < 1.29 is 9.53 Å². The number of likely N-dealkylation sites (tertiary alicyclic amines) is 1. The maximum Gasteiger partial charge on any atom is 0.409 e. The number of hydrogen-bond donors (Lipinski definition) is 2. The number of guanidine groups is 1. The summed E-state index contributed by atoms with van der Waals surface area (Å²) >= 11 is 0. The molecule has 7 heteroatoms. The number of nitrogens with one attached hydrogen (secondary N) is 1. The predicted molar refractivity (Wildman–Crippen MR) is 89.1 cm³/mol. The first-order valence-corrected chi connectivity index (χ1v) is 7.99. The first-order valence-electron chi connectivity index (χ1n) is 7.99. The van der Waals surface area contributed by atoms with Gasteiger partial charge in [0, 0.05) is 24.8 Å². The summed E-state index contributed by atoms with van der Waals surface area (Å²) in [5.74, 6) is 0.419. The molecule has 2 rings (SSSR count). The van der Waals surface area contributed by atoms with Gasteiger partial charge in [0.15, 0.2) is 5.96 Å². The zero-order chi connectivity index (χ0) is 16.7. The predicted octanol–water partition coefficient (Wildman–Crippen LogP) is 1.42. The third-order valence-electron chi connectivity index (χ3n) is 3.73. The van der Waals surface area contributed by atoms with Gasteiger partial charge in [-0.1, -0.05) is 6.07 Å². The van der Waals surface area contributed by atoms with Crippen molar-refractivity contribution >= 4 is 12.1 Å². The second-order valence-corrected chi connectivity index (χ2v) is 5.58. The van der Waals surface area contributed by atoms with Gasteiger partial charge in [0.05, 0.1) is 18.8 Å². The number of hydrogen-bond acceptors (Lipinski definition) is 4. The highest BCUT2D eigenvalue weighted by molar-refractivity contribution is 5.78. The van der Waals surface area contributed by atoms with Crippen LogP contribution in [0, 0.1) is 6.92 Å². The second-order valence-electron chi connectivity index (χ2n) is 5.58. The van der Waals surface area contributed by atoms with Gasteiger partial charge in [0.1, 0.15) is 0 Å². The largest absolute Gasteiger partial charge is 0.450 e. The lowest BCUT2D eigenvalue weighted by Gasteiger charge is -2.31. The standard InChI is InChI=1S/C16H25N5O2/c1-3-23-16(22)21-9-7-13(8-10-21)20-15(17)18-11-14-6-4-5-12(2)19-14/h4-6,13H,3,7-11H2,1-2H3,(H3,17,18,20). The quantitative estimate of drug-likeness (QED) is 0.646. The Labute approximate surface area is 136 Å². The van der Waals surface area contributed by atoms with Gasteiger partial charge >= 0.3 is 6.09 Å². The highest BCUT2D eigenvalue weighted by atomic mass is 16.6. The summed E-state index contributed by atoms with van der Waals surface area (Å²) in [4.78, 5) is 22.1. The Balaban J connectivity index is 1.77. The fourth-order valence-electron chi connectivity index (χ4n) is 2.53. The monoisotopic (exact) mass is 319 g/mol. The van der Waals surface area contributed by atoms with Crippen molar-refractivity contribution in [3.05, 3.63) is 29.6 Å². The van der Waals surface area contributed by atoms with Crippen LogP contribution in [0.1, 0.15) is 31.2 Å². The molecule has 1 amide bonds. The zero-order valence-corrected chi connectivity index (χ0v) is 13.8. The van der Waals surface area contributed by atoms with Crippen LogP contribution in [0.25, 0.3) is 0 Å². The smallest absolute Gasteiger partial charge is 0.409 e. The summed E-state index contributed by atoms with van der Waals surface area (Å²) in [5.41, 5.74) is 7.80. The summed E-state index contributed by atoms with van der Waals surface area (Å²) in [6.45, 7) is 5.97.